The minimum Gasteiger partial charge on any atom is -0.312 e. The second-order valence-electron chi connectivity index (χ2n) is 4.66. The largest absolute Gasteiger partial charge is 0.312 e. The second-order valence-corrected chi connectivity index (χ2v) is 4.66. The molecule has 1 aliphatic carbocycles. The van der Waals surface area contributed by atoms with E-state index in [0.29, 0.717) is 18.5 Å². The van der Waals surface area contributed by atoms with Gasteiger partial charge in [0.25, 0.3) is 0 Å². The van der Waals surface area contributed by atoms with Crippen LogP contribution >= 0.6 is 0 Å². The van der Waals surface area contributed by atoms with Crippen LogP contribution in [-0.4, -0.2) is 22.4 Å². The van der Waals surface area contributed by atoms with E-state index in [-0.39, 0.29) is 0 Å². The molecule has 1 aromatic heterocycles. The van der Waals surface area contributed by atoms with Gasteiger partial charge in [0.2, 0.25) is 0 Å². The van der Waals surface area contributed by atoms with Crippen molar-refractivity contribution in [2.75, 3.05) is 6.54 Å². The number of aromatic nitrogens is 2. The van der Waals surface area contributed by atoms with Gasteiger partial charge in [-0.2, -0.15) is 10.4 Å². The Hall–Kier alpha value is -1.34. The van der Waals surface area contributed by atoms with E-state index < -0.39 is 0 Å². The molecule has 1 heterocycles. The van der Waals surface area contributed by atoms with Gasteiger partial charge in [0.1, 0.15) is 0 Å². The van der Waals surface area contributed by atoms with Crippen molar-refractivity contribution in [2.45, 2.75) is 50.6 Å². The molecule has 0 amide bonds. The predicted molar refractivity (Wildman–Crippen MR) is 66.4 cm³/mol. The topological polar surface area (TPSA) is 53.6 Å². The molecule has 0 bridgehead atoms. The Morgan fingerprint density at radius 2 is 2.29 bits per heavy atom. The summed E-state index contributed by atoms with van der Waals surface area (Å²) < 4.78 is 2.08. The van der Waals surface area contributed by atoms with E-state index in [4.69, 9.17) is 5.26 Å². The molecule has 1 aliphatic rings. The lowest BCUT2D eigenvalue weighted by Crippen LogP contribution is -2.40. The van der Waals surface area contributed by atoms with Gasteiger partial charge in [-0.25, -0.2) is 0 Å². The molecule has 17 heavy (non-hydrogen) atoms. The Morgan fingerprint density at radius 3 is 3.06 bits per heavy atom. The van der Waals surface area contributed by atoms with Crippen molar-refractivity contribution in [3.8, 4) is 6.07 Å². The molecule has 0 aliphatic heterocycles. The molecular weight excluding hydrogens is 212 g/mol. The normalized spacial score (nSPS) is 24.4. The molecule has 0 aromatic carbocycles. The molecule has 1 fully saturated rings. The van der Waals surface area contributed by atoms with Crippen LogP contribution in [0.5, 0.6) is 0 Å². The predicted octanol–water partition coefficient (Wildman–Crippen LogP) is 2.26. The van der Waals surface area contributed by atoms with Crippen LogP contribution in [0.1, 0.15) is 44.6 Å². The molecule has 1 N–H and O–H groups in total. The minimum atomic E-state index is 0.487. The molecule has 0 radical (unpaired) electrons. The Morgan fingerprint density at radius 1 is 1.41 bits per heavy atom. The number of hydrogen-bond acceptors (Lipinski definition) is 3. The fraction of sp³-hybridized carbons (Fsp3) is 0.692. The SMILES string of the molecule is N#CCCCN[C@H]1CCCC[C@@H]1n1cccn1. The van der Waals surface area contributed by atoms with Crippen molar-refractivity contribution in [2.24, 2.45) is 0 Å². The van der Waals surface area contributed by atoms with E-state index in [1.165, 1.54) is 25.7 Å². The van der Waals surface area contributed by atoms with Gasteiger partial charge in [-0.15, -0.1) is 0 Å². The van der Waals surface area contributed by atoms with E-state index >= 15 is 0 Å². The van der Waals surface area contributed by atoms with Crippen molar-refractivity contribution in [3.63, 3.8) is 0 Å². The van der Waals surface area contributed by atoms with E-state index in [9.17, 15) is 0 Å². The average Bonchev–Trinajstić information content (AvgIpc) is 2.89. The lowest BCUT2D eigenvalue weighted by atomic mass is 9.90. The van der Waals surface area contributed by atoms with Crippen molar-refractivity contribution < 1.29 is 0 Å². The van der Waals surface area contributed by atoms with Gasteiger partial charge in [0.05, 0.1) is 12.1 Å². The highest BCUT2D eigenvalue weighted by molar-refractivity contribution is 4.89. The summed E-state index contributed by atoms with van der Waals surface area (Å²) >= 11 is 0. The summed E-state index contributed by atoms with van der Waals surface area (Å²) in [7, 11) is 0. The fourth-order valence-electron chi connectivity index (χ4n) is 2.60. The number of rotatable bonds is 5. The van der Waals surface area contributed by atoms with Gasteiger partial charge in [-0.05, 0) is 31.9 Å². The van der Waals surface area contributed by atoms with Crippen LogP contribution in [0.4, 0.5) is 0 Å². The maximum absolute atomic E-state index is 8.51. The third kappa shape index (κ3) is 3.31. The monoisotopic (exact) mass is 232 g/mol. The number of nitrogens with zero attached hydrogens (tertiary/aromatic N) is 3. The average molecular weight is 232 g/mol. The van der Waals surface area contributed by atoms with Gasteiger partial charge in [-0.1, -0.05) is 12.8 Å². The first-order valence-corrected chi connectivity index (χ1v) is 6.51. The van der Waals surface area contributed by atoms with Crippen molar-refractivity contribution in [1.82, 2.24) is 15.1 Å². The third-order valence-electron chi connectivity index (χ3n) is 3.47. The van der Waals surface area contributed by atoms with Gasteiger partial charge in [0.15, 0.2) is 0 Å². The molecular formula is C13H20N4. The second kappa shape index (κ2) is 6.41. The molecule has 4 heteroatoms. The van der Waals surface area contributed by atoms with Crippen molar-refractivity contribution in [1.29, 1.82) is 5.26 Å². The first kappa shape index (κ1) is 12.1. The van der Waals surface area contributed by atoms with Crippen LogP contribution in [-0.2, 0) is 0 Å². The van der Waals surface area contributed by atoms with Crippen LogP contribution in [0.3, 0.4) is 0 Å². The highest BCUT2D eigenvalue weighted by Crippen LogP contribution is 2.27. The summed E-state index contributed by atoms with van der Waals surface area (Å²) in [6.07, 6.45) is 10.5. The third-order valence-corrected chi connectivity index (χ3v) is 3.47. The first-order chi connectivity index (χ1) is 8.42. The van der Waals surface area contributed by atoms with Crippen LogP contribution < -0.4 is 5.32 Å². The van der Waals surface area contributed by atoms with E-state index in [2.05, 4.69) is 27.4 Å². The highest BCUT2D eigenvalue weighted by atomic mass is 15.3. The summed E-state index contributed by atoms with van der Waals surface area (Å²) in [4.78, 5) is 0. The van der Waals surface area contributed by atoms with Gasteiger partial charge in [-0.3, -0.25) is 4.68 Å². The number of hydrogen-bond donors (Lipinski definition) is 1. The zero-order valence-corrected chi connectivity index (χ0v) is 10.2. The Balaban J connectivity index is 1.87. The standard InChI is InChI=1S/C13H20N4/c14-8-3-4-9-15-12-6-1-2-7-13(12)17-11-5-10-16-17/h5,10-13,15H,1-4,6-7,9H2/t12-,13-/m0/s1. The molecule has 0 unspecified atom stereocenters. The first-order valence-electron chi connectivity index (χ1n) is 6.51. The van der Waals surface area contributed by atoms with E-state index in [1.807, 2.05) is 12.3 Å². The zero-order valence-electron chi connectivity index (χ0n) is 10.2. The fourth-order valence-corrected chi connectivity index (χ4v) is 2.60. The Kier molecular flexibility index (Phi) is 4.57. The van der Waals surface area contributed by atoms with Crippen molar-refractivity contribution >= 4 is 0 Å². The maximum Gasteiger partial charge on any atom is 0.0672 e. The Bertz CT molecular complexity index is 352. The van der Waals surface area contributed by atoms with Gasteiger partial charge in [0, 0.05) is 24.9 Å². The molecule has 0 spiro atoms. The van der Waals surface area contributed by atoms with Crippen LogP contribution in [0, 0.1) is 11.3 Å². The van der Waals surface area contributed by atoms with E-state index in [0.717, 1.165) is 13.0 Å². The molecule has 1 saturated carbocycles. The lowest BCUT2D eigenvalue weighted by Gasteiger charge is -2.32. The van der Waals surface area contributed by atoms with Crippen molar-refractivity contribution in [3.05, 3.63) is 18.5 Å². The van der Waals surface area contributed by atoms with Gasteiger partial charge < -0.3 is 5.32 Å². The molecule has 0 saturated heterocycles. The molecule has 1 aromatic rings. The number of unbranched alkanes of at least 4 members (excludes halogenated alkanes) is 1. The smallest absolute Gasteiger partial charge is 0.0672 e. The number of nitriles is 1. The Labute approximate surface area is 103 Å². The lowest BCUT2D eigenvalue weighted by molar-refractivity contribution is 0.247. The summed E-state index contributed by atoms with van der Waals surface area (Å²) in [5.74, 6) is 0. The summed E-state index contributed by atoms with van der Waals surface area (Å²) in [5.41, 5.74) is 0. The van der Waals surface area contributed by atoms with E-state index in [1.54, 1.807) is 0 Å². The molecule has 4 nitrogen and oxygen atoms in total. The molecule has 2 rings (SSSR count). The summed E-state index contributed by atoms with van der Waals surface area (Å²) in [6.45, 7) is 0.940. The summed E-state index contributed by atoms with van der Waals surface area (Å²) in [5, 5.41) is 16.5. The molecule has 2 atom stereocenters. The van der Waals surface area contributed by atoms with Crippen LogP contribution in [0.2, 0.25) is 0 Å². The summed E-state index contributed by atoms with van der Waals surface area (Å²) in [6, 6.07) is 5.18. The van der Waals surface area contributed by atoms with Crippen LogP contribution in [0.25, 0.3) is 0 Å². The van der Waals surface area contributed by atoms with Gasteiger partial charge >= 0.3 is 0 Å². The van der Waals surface area contributed by atoms with Crippen LogP contribution in [0.15, 0.2) is 18.5 Å². The minimum absolute atomic E-state index is 0.487. The highest BCUT2D eigenvalue weighted by Gasteiger charge is 2.25. The quantitative estimate of drug-likeness (QED) is 0.792. The zero-order chi connectivity index (χ0) is 11.9. The number of nitrogens with one attached hydrogen (secondary N) is 1. The molecule has 92 valence electrons. The maximum atomic E-state index is 8.51.